The van der Waals surface area contributed by atoms with Gasteiger partial charge in [-0.05, 0) is 54.7 Å². The number of alkyl halides is 3. The number of rotatable bonds is 5. The van der Waals surface area contributed by atoms with E-state index in [1.165, 1.54) is 17.8 Å². The number of fused-ring (bicyclic) bond motifs is 1. The van der Waals surface area contributed by atoms with E-state index in [0.29, 0.717) is 22.0 Å². The van der Waals surface area contributed by atoms with Crippen molar-refractivity contribution < 1.29 is 22.8 Å². The van der Waals surface area contributed by atoms with Crippen LogP contribution in [0.1, 0.15) is 35.7 Å². The zero-order valence-electron chi connectivity index (χ0n) is 18.0. The average Bonchev–Trinajstić information content (AvgIpc) is 3.14. The number of halogens is 4. The van der Waals surface area contributed by atoms with Crippen molar-refractivity contribution in [3.8, 4) is 0 Å². The van der Waals surface area contributed by atoms with Gasteiger partial charge in [0.2, 0.25) is 11.8 Å². The van der Waals surface area contributed by atoms with E-state index in [1.54, 1.807) is 6.07 Å². The first kappa shape index (κ1) is 23.4. The maximum absolute atomic E-state index is 13.9. The molecular formula is C23H24ClF3N4O2. The van der Waals surface area contributed by atoms with Crippen LogP contribution < -0.4 is 10.6 Å². The summed E-state index contributed by atoms with van der Waals surface area (Å²) in [6.07, 6.45) is -1.61. The third-order valence-electron chi connectivity index (χ3n) is 6.18. The lowest BCUT2D eigenvalue weighted by atomic mass is 9.95. The molecule has 2 aromatic rings. The third-order valence-corrected chi connectivity index (χ3v) is 6.41. The molecule has 2 N–H and O–H groups in total. The monoisotopic (exact) mass is 480 g/mol. The molecule has 0 spiro atoms. The van der Waals surface area contributed by atoms with Crippen molar-refractivity contribution in [2.24, 2.45) is 5.92 Å². The molecule has 1 aromatic heterocycles. The van der Waals surface area contributed by atoms with Crippen molar-refractivity contribution in [2.45, 2.75) is 43.9 Å². The van der Waals surface area contributed by atoms with Crippen LogP contribution in [-0.2, 0) is 22.4 Å². The van der Waals surface area contributed by atoms with Gasteiger partial charge in [0.15, 0.2) is 6.04 Å². The quantitative estimate of drug-likeness (QED) is 0.680. The highest BCUT2D eigenvalue weighted by Gasteiger charge is 2.47. The molecule has 0 saturated carbocycles. The van der Waals surface area contributed by atoms with Gasteiger partial charge in [0.25, 0.3) is 0 Å². The van der Waals surface area contributed by atoms with Gasteiger partial charge in [0.05, 0.1) is 17.6 Å². The molecule has 176 valence electrons. The number of nitrogens with zero attached hydrogens (tertiary/aromatic N) is 2. The van der Waals surface area contributed by atoms with Crippen LogP contribution in [0.5, 0.6) is 0 Å². The molecule has 0 radical (unpaired) electrons. The summed E-state index contributed by atoms with van der Waals surface area (Å²) >= 11 is 6.05. The number of amides is 2. The summed E-state index contributed by atoms with van der Waals surface area (Å²) in [7, 11) is 1.11. The Kier molecular flexibility index (Phi) is 6.52. The van der Waals surface area contributed by atoms with Crippen molar-refractivity contribution in [3.63, 3.8) is 0 Å². The molecule has 2 heterocycles. The maximum atomic E-state index is 13.9. The van der Waals surface area contributed by atoms with Gasteiger partial charge in [-0.15, -0.1) is 0 Å². The first-order valence-electron chi connectivity index (χ1n) is 10.7. The van der Waals surface area contributed by atoms with Crippen LogP contribution >= 0.6 is 11.6 Å². The van der Waals surface area contributed by atoms with Crippen LogP contribution in [-0.4, -0.2) is 47.5 Å². The summed E-state index contributed by atoms with van der Waals surface area (Å²) in [5, 5.41) is 6.56. The number of benzene rings is 1. The first-order valence-corrected chi connectivity index (χ1v) is 11.1. The molecule has 10 heteroatoms. The minimum atomic E-state index is -4.71. The zero-order valence-corrected chi connectivity index (χ0v) is 18.7. The molecule has 1 aromatic carbocycles. The number of nitrogens with one attached hydrogen (secondary N) is 2. The Morgan fingerprint density at radius 3 is 2.64 bits per heavy atom. The maximum Gasteiger partial charge on any atom is 0.414 e. The zero-order chi connectivity index (χ0) is 23.8. The molecule has 1 unspecified atom stereocenters. The summed E-state index contributed by atoms with van der Waals surface area (Å²) < 4.78 is 41.8. The molecular weight excluding hydrogens is 457 g/mol. The van der Waals surface area contributed by atoms with E-state index in [2.05, 4.69) is 15.6 Å². The molecule has 1 fully saturated rings. The minimum Gasteiger partial charge on any atom is -0.380 e. The van der Waals surface area contributed by atoms with Gasteiger partial charge < -0.3 is 15.5 Å². The molecule has 6 nitrogen and oxygen atoms in total. The second-order valence-corrected chi connectivity index (χ2v) is 9.00. The lowest BCUT2D eigenvalue weighted by Gasteiger charge is -2.33. The van der Waals surface area contributed by atoms with Crippen molar-refractivity contribution in [1.29, 1.82) is 0 Å². The van der Waals surface area contributed by atoms with E-state index >= 15 is 0 Å². The number of carbonyl (C=O) groups is 2. The minimum absolute atomic E-state index is 0.0891. The number of anilines is 1. The molecule has 33 heavy (non-hydrogen) atoms. The Labute approximate surface area is 194 Å². The first-order chi connectivity index (χ1) is 15.6. The summed E-state index contributed by atoms with van der Waals surface area (Å²) in [5.41, 5.74) is 2.67. The smallest absolute Gasteiger partial charge is 0.380 e. The van der Waals surface area contributed by atoms with Gasteiger partial charge in [-0.3, -0.25) is 14.6 Å². The Balaban J connectivity index is 1.46. The Morgan fingerprint density at radius 2 is 1.97 bits per heavy atom. The third kappa shape index (κ3) is 5.24. The van der Waals surface area contributed by atoms with E-state index in [9.17, 15) is 22.8 Å². The Morgan fingerprint density at radius 1 is 1.21 bits per heavy atom. The number of aromatic nitrogens is 1. The molecule has 1 aliphatic heterocycles. The van der Waals surface area contributed by atoms with Crippen LogP contribution in [0.15, 0.2) is 36.5 Å². The SMILES string of the molecule is CN(C(=O)C1CCNC(=O)C1)[C@@H](c1ccc(N[C@H]2Cc3ccc(Cl)cc3C2)cn1)C(F)(F)F. The summed E-state index contributed by atoms with van der Waals surface area (Å²) in [5.74, 6) is -1.81. The fourth-order valence-corrected chi connectivity index (χ4v) is 4.77. The fourth-order valence-electron chi connectivity index (χ4n) is 4.57. The predicted molar refractivity (Wildman–Crippen MR) is 118 cm³/mol. The highest BCUT2D eigenvalue weighted by Crippen LogP contribution is 2.38. The van der Waals surface area contributed by atoms with Gasteiger partial charge in [-0.2, -0.15) is 13.2 Å². The Bertz CT molecular complexity index is 1040. The van der Waals surface area contributed by atoms with Crippen molar-refractivity contribution in [2.75, 3.05) is 18.9 Å². The second-order valence-electron chi connectivity index (χ2n) is 8.57. The van der Waals surface area contributed by atoms with Crippen molar-refractivity contribution >= 4 is 29.1 Å². The molecule has 0 bridgehead atoms. The van der Waals surface area contributed by atoms with E-state index in [4.69, 9.17) is 11.6 Å². The Hall–Kier alpha value is -2.81. The number of hydrogen-bond acceptors (Lipinski definition) is 4. The van der Waals surface area contributed by atoms with Gasteiger partial charge in [0, 0.05) is 37.0 Å². The van der Waals surface area contributed by atoms with E-state index < -0.39 is 24.0 Å². The van der Waals surface area contributed by atoms with Crippen molar-refractivity contribution in [1.82, 2.24) is 15.2 Å². The van der Waals surface area contributed by atoms with E-state index in [-0.39, 0.29) is 30.6 Å². The van der Waals surface area contributed by atoms with Gasteiger partial charge in [0.1, 0.15) is 0 Å². The lowest BCUT2D eigenvalue weighted by molar-refractivity contribution is -0.191. The van der Waals surface area contributed by atoms with Crippen LogP contribution in [0.3, 0.4) is 0 Å². The highest BCUT2D eigenvalue weighted by molar-refractivity contribution is 6.30. The largest absolute Gasteiger partial charge is 0.414 e. The molecule has 4 rings (SSSR count). The van der Waals surface area contributed by atoms with Gasteiger partial charge in [-0.25, -0.2) is 0 Å². The van der Waals surface area contributed by atoms with Crippen LogP contribution in [0, 0.1) is 5.92 Å². The molecule has 1 saturated heterocycles. The van der Waals surface area contributed by atoms with E-state index in [1.807, 2.05) is 18.2 Å². The fraction of sp³-hybridized carbons (Fsp3) is 0.435. The number of piperidine rings is 1. The van der Waals surface area contributed by atoms with E-state index in [0.717, 1.165) is 25.5 Å². The second kappa shape index (κ2) is 9.21. The van der Waals surface area contributed by atoms with Crippen LogP contribution in [0.4, 0.5) is 18.9 Å². The molecule has 3 atom stereocenters. The standard InChI is InChI=1S/C23H24ClF3N4O2/c1-31(22(33)14-6-7-28-20(32)11-14)21(23(25,26)27)19-5-4-17(12-29-19)30-18-9-13-2-3-16(24)8-15(13)10-18/h2-5,8,12,14,18,21,30H,6-7,9-11H2,1H3,(H,28,32)/t14?,18-,21-/m0/s1. The van der Waals surface area contributed by atoms with Crippen LogP contribution in [0.25, 0.3) is 0 Å². The number of hydrogen-bond donors (Lipinski definition) is 2. The van der Waals surface area contributed by atoms with Gasteiger partial charge >= 0.3 is 6.18 Å². The van der Waals surface area contributed by atoms with Crippen LogP contribution in [0.2, 0.25) is 5.02 Å². The number of carbonyl (C=O) groups excluding carboxylic acids is 2. The van der Waals surface area contributed by atoms with Crippen molar-refractivity contribution in [3.05, 3.63) is 58.4 Å². The lowest BCUT2D eigenvalue weighted by Crippen LogP contribution is -2.46. The summed E-state index contributed by atoms with van der Waals surface area (Å²) in [4.78, 5) is 29.0. The van der Waals surface area contributed by atoms with Gasteiger partial charge in [-0.1, -0.05) is 17.7 Å². The normalized spacial score (nSPS) is 21.2. The summed E-state index contributed by atoms with van der Waals surface area (Å²) in [6.45, 7) is 0.273. The topological polar surface area (TPSA) is 74.3 Å². The summed E-state index contributed by atoms with van der Waals surface area (Å²) in [6, 6.07) is 6.48. The molecule has 1 aliphatic carbocycles. The average molecular weight is 481 g/mol. The predicted octanol–water partition coefficient (Wildman–Crippen LogP) is 3.90. The number of pyridine rings is 1. The molecule has 2 aliphatic rings. The molecule has 2 amide bonds. The highest BCUT2D eigenvalue weighted by atomic mass is 35.5.